The van der Waals surface area contributed by atoms with E-state index in [0.29, 0.717) is 0 Å². The summed E-state index contributed by atoms with van der Waals surface area (Å²) in [5, 5.41) is 3.08. The van der Waals surface area contributed by atoms with E-state index in [0.717, 1.165) is 0 Å². The van der Waals surface area contributed by atoms with Gasteiger partial charge in [-0.15, -0.1) is 0 Å². The summed E-state index contributed by atoms with van der Waals surface area (Å²) in [4.78, 5) is 0. The van der Waals surface area contributed by atoms with Crippen molar-refractivity contribution in [2.45, 2.75) is 40.8 Å². The van der Waals surface area contributed by atoms with Gasteiger partial charge in [0.1, 0.15) is 8.07 Å². The molecule has 1 aliphatic heterocycles. The molecule has 0 saturated heterocycles. The zero-order valence-corrected chi connectivity index (χ0v) is 22.7. The van der Waals surface area contributed by atoms with Crippen molar-refractivity contribution in [2.75, 3.05) is 0 Å². The second-order valence-corrected chi connectivity index (χ2v) is 14.9. The van der Waals surface area contributed by atoms with Crippen molar-refractivity contribution >= 4 is 29.6 Å². The van der Waals surface area contributed by atoms with Crippen LogP contribution in [0.2, 0.25) is 13.1 Å². The minimum atomic E-state index is -2.09. The lowest BCUT2D eigenvalue weighted by atomic mass is 9.88. The van der Waals surface area contributed by atoms with Crippen LogP contribution in [0, 0.1) is 27.7 Å². The smallest absolute Gasteiger partial charge is 0.0615 e. The average Bonchev–Trinajstić information content (AvgIpc) is 3.06. The van der Waals surface area contributed by atoms with Crippen molar-refractivity contribution in [3.05, 3.63) is 142 Å². The first kappa shape index (κ1) is 23.3. The summed E-state index contributed by atoms with van der Waals surface area (Å²) < 4.78 is 0. The molecule has 0 N–H and O–H groups in total. The van der Waals surface area contributed by atoms with Gasteiger partial charge < -0.3 is 0 Å². The summed E-state index contributed by atoms with van der Waals surface area (Å²) >= 11 is 0. The highest BCUT2D eigenvalue weighted by atomic mass is 28.3. The molecule has 1 heteroatoms. The zero-order valence-electron chi connectivity index (χ0n) is 21.7. The molecule has 35 heavy (non-hydrogen) atoms. The zero-order chi connectivity index (χ0) is 24.7. The third-order valence-electron chi connectivity index (χ3n) is 7.23. The molecule has 0 nitrogen and oxygen atoms in total. The molecule has 0 fully saturated rings. The number of hydrogen-bond donors (Lipinski definition) is 0. The Kier molecular flexibility index (Phi) is 5.98. The minimum absolute atomic E-state index is 1.30. The standard InChI is InChI=1S/C34H34Si/c1-23-11-7-15-27(19-23)31-32(28-16-8-12-24(2)20-28)34(30-18-10-14-26(4)22-30)35(5,6)33(31)29-17-9-13-25(3)21-29/h7-22H,1-6H3. The summed E-state index contributed by atoms with van der Waals surface area (Å²) in [7, 11) is -2.09. The molecule has 4 aromatic rings. The van der Waals surface area contributed by atoms with Crippen LogP contribution in [0.5, 0.6) is 0 Å². The van der Waals surface area contributed by atoms with Crippen molar-refractivity contribution in [2.24, 2.45) is 0 Å². The first-order valence-electron chi connectivity index (χ1n) is 12.5. The Morgan fingerprint density at radius 1 is 0.400 bits per heavy atom. The third-order valence-corrected chi connectivity index (χ3v) is 10.8. The normalized spacial score (nSPS) is 15.1. The molecule has 0 aromatic heterocycles. The Morgan fingerprint density at radius 3 is 1.00 bits per heavy atom. The van der Waals surface area contributed by atoms with E-state index in [4.69, 9.17) is 0 Å². The lowest BCUT2D eigenvalue weighted by Gasteiger charge is -2.27. The first-order valence-corrected chi connectivity index (χ1v) is 15.5. The van der Waals surface area contributed by atoms with E-state index in [9.17, 15) is 0 Å². The Morgan fingerprint density at radius 2 is 0.686 bits per heavy atom. The largest absolute Gasteiger partial charge is 0.115 e. The maximum absolute atomic E-state index is 2.54. The van der Waals surface area contributed by atoms with E-state index in [1.165, 1.54) is 55.7 Å². The highest BCUT2D eigenvalue weighted by Gasteiger charge is 2.43. The van der Waals surface area contributed by atoms with Crippen molar-refractivity contribution in [1.29, 1.82) is 0 Å². The Labute approximate surface area is 211 Å². The van der Waals surface area contributed by atoms with Gasteiger partial charge in [-0.3, -0.25) is 0 Å². The van der Waals surface area contributed by atoms with Crippen molar-refractivity contribution < 1.29 is 0 Å². The van der Waals surface area contributed by atoms with Crippen molar-refractivity contribution in [3.63, 3.8) is 0 Å². The van der Waals surface area contributed by atoms with Crippen LogP contribution in [0.4, 0.5) is 0 Å². The van der Waals surface area contributed by atoms with E-state index in [1.807, 2.05) is 0 Å². The number of rotatable bonds is 4. The Balaban J connectivity index is 1.95. The minimum Gasteiger partial charge on any atom is -0.0615 e. The predicted octanol–water partition coefficient (Wildman–Crippen LogP) is 9.24. The molecule has 1 heterocycles. The topological polar surface area (TPSA) is 0 Å². The van der Waals surface area contributed by atoms with Crippen LogP contribution in [0.25, 0.3) is 21.5 Å². The van der Waals surface area contributed by atoms with Crippen LogP contribution in [-0.2, 0) is 0 Å². The summed E-state index contributed by atoms with van der Waals surface area (Å²) in [6, 6.07) is 36.4. The molecule has 0 bridgehead atoms. The first-order chi connectivity index (χ1) is 16.8. The predicted molar refractivity (Wildman–Crippen MR) is 156 cm³/mol. The molecule has 174 valence electrons. The molecule has 0 aliphatic carbocycles. The van der Waals surface area contributed by atoms with Gasteiger partial charge >= 0.3 is 0 Å². The molecule has 0 radical (unpaired) electrons. The molecule has 5 rings (SSSR count). The maximum Gasteiger partial charge on any atom is 0.115 e. The van der Waals surface area contributed by atoms with E-state index < -0.39 is 8.07 Å². The van der Waals surface area contributed by atoms with Crippen molar-refractivity contribution in [1.82, 2.24) is 0 Å². The molecule has 1 aliphatic rings. The van der Waals surface area contributed by atoms with E-state index in [1.54, 1.807) is 10.4 Å². The molecular weight excluding hydrogens is 436 g/mol. The van der Waals surface area contributed by atoms with Crippen molar-refractivity contribution in [3.8, 4) is 0 Å². The summed E-state index contributed by atoms with van der Waals surface area (Å²) in [5.74, 6) is 0. The summed E-state index contributed by atoms with van der Waals surface area (Å²) in [5.41, 5.74) is 13.4. The quantitative estimate of drug-likeness (QED) is 0.261. The molecule has 4 aromatic carbocycles. The fourth-order valence-corrected chi connectivity index (χ4v) is 9.58. The van der Waals surface area contributed by atoms with Gasteiger partial charge in [0.2, 0.25) is 0 Å². The van der Waals surface area contributed by atoms with Crippen LogP contribution in [0.1, 0.15) is 44.5 Å². The van der Waals surface area contributed by atoms with Gasteiger partial charge in [0.25, 0.3) is 0 Å². The molecule has 0 saturated carbocycles. The van der Waals surface area contributed by atoms with E-state index in [-0.39, 0.29) is 0 Å². The van der Waals surface area contributed by atoms with Gasteiger partial charge in [-0.05, 0) is 71.5 Å². The van der Waals surface area contributed by atoms with Gasteiger partial charge in [0, 0.05) is 0 Å². The Bertz CT molecular complexity index is 1380. The van der Waals surface area contributed by atoms with Gasteiger partial charge in [-0.25, -0.2) is 0 Å². The number of allylic oxidation sites excluding steroid dienone is 2. The lowest BCUT2D eigenvalue weighted by molar-refractivity contribution is 1.43. The van der Waals surface area contributed by atoms with Crippen LogP contribution < -0.4 is 0 Å². The van der Waals surface area contributed by atoms with E-state index in [2.05, 4.69) is 138 Å². The maximum atomic E-state index is 2.54. The molecular formula is C34H34Si. The summed E-state index contributed by atoms with van der Waals surface area (Å²) in [6.45, 7) is 13.9. The Hall–Kier alpha value is -3.42. The molecule has 0 unspecified atom stereocenters. The average molecular weight is 471 g/mol. The third kappa shape index (κ3) is 4.26. The van der Waals surface area contributed by atoms with Crippen LogP contribution in [0.3, 0.4) is 0 Å². The van der Waals surface area contributed by atoms with E-state index >= 15 is 0 Å². The highest BCUT2D eigenvalue weighted by Crippen LogP contribution is 2.55. The fraction of sp³-hybridized carbons (Fsp3) is 0.176. The number of hydrogen-bond acceptors (Lipinski definition) is 0. The van der Waals surface area contributed by atoms with Crippen LogP contribution >= 0.6 is 0 Å². The fourth-order valence-electron chi connectivity index (χ4n) is 5.79. The van der Waals surface area contributed by atoms with Crippen LogP contribution in [-0.4, -0.2) is 8.07 Å². The highest BCUT2D eigenvalue weighted by molar-refractivity contribution is 7.13. The molecule has 0 amide bonds. The lowest BCUT2D eigenvalue weighted by Crippen LogP contribution is -2.28. The summed E-state index contributed by atoms with van der Waals surface area (Å²) in [6.07, 6.45) is 0. The number of aryl methyl sites for hydroxylation is 4. The molecule has 0 spiro atoms. The van der Waals surface area contributed by atoms with Crippen LogP contribution in [0.15, 0.2) is 97.1 Å². The second kappa shape index (κ2) is 8.98. The number of benzene rings is 4. The SMILES string of the molecule is Cc1cccc(C2=C(c3cccc(C)c3)[Si](C)(C)C(c3cccc(C)c3)=C2c2cccc(C)c2)c1. The van der Waals surface area contributed by atoms with Gasteiger partial charge in [0.15, 0.2) is 0 Å². The van der Waals surface area contributed by atoms with Gasteiger partial charge in [-0.1, -0.05) is 132 Å². The van der Waals surface area contributed by atoms with Gasteiger partial charge in [-0.2, -0.15) is 0 Å². The monoisotopic (exact) mass is 470 g/mol. The second-order valence-electron chi connectivity index (χ2n) is 10.6. The molecule has 0 atom stereocenters. The van der Waals surface area contributed by atoms with Gasteiger partial charge in [0.05, 0.1) is 0 Å².